The first-order valence-corrected chi connectivity index (χ1v) is 13.5. The van der Waals surface area contributed by atoms with Crippen molar-refractivity contribution in [2.24, 2.45) is 17.6 Å². The van der Waals surface area contributed by atoms with Crippen LogP contribution < -0.4 is 11.1 Å². The second-order valence-electron chi connectivity index (χ2n) is 9.26. The Morgan fingerprint density at radius 1 is 1.22 bits per heavy atom. The number of benzene rings is 1. The van der Waals surface area contributed by atoms with Gasteiger partial charge in [-0.15, -0.1) is 0 Å². The number of aromatic nitrogens is 3. The van der Waals surface area contributed by atoms with Crippen LogP contribution in [0.15, 0.2) is 53.4 Å². The second-order valence-corrected chi connectivity index (χ2v) is 11.8. The van der Waals surface area contributed by atoms with Crippen molar-refractivity contribution in [3.05, 3.63) is 60.4 Å². The molecule has 0 fully saturated rings. The summed E-state index contributed by atoms with van der Waals surface area (Å²) in [4.78, 5) is 42.4. The van der Waals surface area contributed by atoms with Gasteiger partial charge in [-0.25, -0.2) is 4.98 Å². The third-order valence-electron chi connectivity index (χ3n) is 5.73. The molecular formula is C24H32N5O6P. The lowest BCUT2D eigenvalue weighted by Crippen LogP contribution is -2.47. The van der Waals surface area contributed by atoms with Crippen molar-refractivity contribution >= 4 is 19.2 Å². The Hall–Kier alpha value is -3.27. The van der Waals surface area contributed by atoms with Crippen LogP contribution in [0.1, 0.15) is 31.7 Å². The van der Waals surface area contributed by atoms with Crippen LogP contribution in [0, 0.1) is 11.8 Å². The zero-order chi connectivity index (χ0) is 26.3. The number of aliphatic carboxylic acids is 1. The van der Waals surface area contributed by atoms with Gasteiger partial charge in [-0.2, -0.15) is 0 Å². The lowest BCUT2D eigenvalue weighted by Gasteiger charge is -2.28. The molecule has 0 aliphatic rings. The van der Waals surface area contributed by atoms with Crippen LogP contribution in [-0.2, 0) is 27.0 Å². The number of nitrogens with two attached hydrogens (primary N) is 1. The molecule has 194 valence electrons. The van der Waals surface area contributed by atoms with Gasteiger partial charge < -0.3 is 30.6 Å². The molecule has 4 atom stereocenters. The van der Waals surface area contributed by atoms with Crippen LogP contribution in [0.3, 0.4) is 0 Å². The lowest BCUT2D eigenvalue weighted by molar-refractivity contribution is -0.141. The molecule has 0 bridgehead atoms. The van der Waals surface area contributed by atoms with Gasteiger partial charge in [0.15, 0.2) is 0 Å². The summed E-state index contributed by atoms with van der Waals surface area (Å²) in [5.74, 6) is -3.96. The molecule has 2 heterocycles. The van der Waals surface area contributed by atoms with E-state index in [1.165, 1.54) is 6.33 Å². The van der Waals surface area contributed by atoms with Crippen molar-refractivity contribution in [2.45, 2.75) is 44.9 Å². The minimum absolute atomic E-state index is 0.0365. The quantitative estimate of drug-likeness (QED) is 0.213. The first-order chi connectivity index (χ1) is 17.0. The maximum Gasteiger partial charge on any atom is 0.307 e. The monoisotopic (exact) mass is 517 g/mol. The first-order valence-electron chi connectivity index (χ1n) is 11.6. The number of hydrogen-bond acceptors (Lipinski definition) is 7. The van der Waals surface area contributed by atoms with Crippen LogP contribution in [0.2, 0.25) is 0 Å². The number of nitrogens with zero attached hydrogens (tertiary/aromatic N) is 2. The fourth-order valence-corrected chi connectivity index (χ4v) is 6.09. The van der Waals surface area contributed by atoms with E-state index < -0.39 is 43.1 Å². The van der Waals surface area contributed by atoms with Gasteiger partial charge in [-0.05, 0) is 12.3 Å². The zero-order valence-corrected chi connectivity index (χ0v) is 21.1. The Morgan fingerprint density at radius 2 is 1.94 bits per heavy atom. The number of aromatic amines is 1. The van der Waals surface area contributed by atoms with Crippen LogP contribution in [0.5, 0.6) is 0 Å². The summed E-state index contributed by atoms with van der Waals surface area (Å²) < 4.78 is 18.7. The molecule has 36 heavy (non-hydrogen) atoms. The molecule has 6 N–H and O–H groups in total. The molecule has 1 amide bonds. The van der Waals surface area contributed by atoms with Crippen molar-refractivity contribution in [2.75, 3.05) is 6.16 Å². The molecule has 3 aromatic rings. The minimum Gasteiger partial charge on any atom is -0.481 e. The van der Waals surface area contributed by atoms with E-state index in [-0.39, 0.29) is 30.9 Å². The first kappa shape index (κ1) is 27.3. The van der Waals surface area contributed by atoms with Crippen molar-refractivity contribution in [3.63, 3.8) is 0 Å². The Kier molecular flexibility index (Phi) is 9.19. The fraction of sp³-hybridized carbons (Fsp3) is 0.417. The predicted molar refractivity (Wildman–Crippen MR) is 133 cm³/mol. The van der Waals surface area contributed by atoms with E-state index in [1.807, 2.05) is 44.2 Å². The number of carbonyl (C=O) groups excluding carboxylic acids is 1. The Morgan fingerprint density at radius 3 is 2.56 bits per heavy atom. The molecule has 1 aromatic carbocycles. The third-order valence-corrected chi connectivity index (χ3v) is 8.01. The number of carbonyl (C=O) groups is 2. The summed E-state index contributed by atoms with van der Waals surface area (Å²) in [5, 5.41) is 16.4. The number of imidazole rings is 1. The van der Waals surface area contributed by atoms with Gasteiger partial charge in [0, 0.05) is 42.5 Å². The van der Waals surface area contributed by atoms with E-state index in [9.17, 15) is 24.2 Å². The third kappa shape index (κ3) is 7.61. The number of carboxylic acids is 1. The summed E-state index contributed by atoms with van der Waals surface area (Å²) >= 11 is 0. The molecule has 3 rings (SSSR count). The number of carboxylic acid groups (broad SMARTS) is 1. The van der Waals surface area contributed by atoms with Gasteiger partial charge in [0.05, 0.1) is 18.3 Å². The maximum atomic E-state index is 13.4. The van der Waals surface area contributed by atoms with Crippen molar-refractivity contribution in [1.82, 2.24) is 20.4 Å². The average molecular weight is 518 g/mol. The van der Waals surface area contributed by atoms with Gasteiger partial charge in [-0.1, -0.05) is 49.3 Å². The summed E-state index contributed by atoms with van der Waals surface area (Å²) in [6, 6.07) is 9.88. The molecule has 0 aliphatic heterocycles. The average Bonchev–Trinajstić information content (AvgIpc) is 3.50. The second kappa shape index (κ2) is 12.1. The Balaban J connectivity index is 1.71. The molecular weight excluding hydrogens is 485 g/mol. The van der Waals surface area contributed by atoms with E-state index in [2.05, 4.69) is 20.4 Å². The highest BCUT2D eigenvalue weighted by Crippen LogP contribution is 2.49. The number of amides is 1. The Labute approximate surface area is 208 Å². The van der Waals surface area contributed by atoms with Crippen LogP contribution >= 0.6 is 7.37 Å². The van der Waals surface area contributed by atoms with Crippen molar-refractivity contribution in [3.8, 4) is 11.3 Å². The summed E-state index contributed by atoms with van der Waals surface area (Å²) in [6.07, 6.45) is 2.69. The highest BCUT2D eigenvalue weighted by atomic mass is 31.2. The zero-order valence-electron chi connectivity index (χ0n) is 20.2. The molecule has 0 saturated carbocycles. The van der Waals surface area contributed by atoms with Gasteiger partial charge in [0.2, 0.25) is 13.3 Å². The van der Waals surface area contributed by atoms with Gasteiger partial charge in [0.25, 0.3) is 0 Å². The van der Waals surface area contributed by atoms with Crippen LogP contribution in [0.25, 0.3) is 11.3 Å². The predicted octanol–water partition coefficient (Wildman–Crippen LogP) is 2.64. The van der Waals surface area contributed by atoms with Gasteiger partial charge >= 0.3 is 5.97 Å². The molecule has 0 aliphatic carbocycles. The van der Waals surface area contributed by atoms with E-state index in [0.29, 0.717) is 11.4 Å². The molecule has 12 heteroatoms. The SMILES string of the molecule is CC(C)C[C@@H](NC(=O)[C@@H](N)Cc1cnc[nH]1)P(=O)(O)C[C@@H](Cc1cc(-c2ccccc2)no1)C(=O)O. The van der Waals surface area contributed by atoms with Gasteiger partial charge in [-0.3, -0.25) is 14.2 Å². The minimum atomic E-state index is -4.17. The Bertz CT molecular complexity index is 1180. The topological polar surface area (TPSA) is 184 Å². The highest BCUT2D eigenvalue weighted by Gasteiger charge is 2.38. The van der Waals surface area contributed by atoms with E-state index in [1.54, 1.807) is 12.3 Å². The number of hydrogen-bond donors (Lipinski definition) is 5. The molecule has 1 unspecified atom stereocenters. The van der Waals surface area contributed by atoms with E-state index in [4.69, 9.17) is 10.3 Å². The van der Waals surface area contributed by atoms with Crippen LogP contribution in [0.4, 0.5) is 0 Å². The smallest absolute Gasteiger partial charge is 0.307 e. The summed E-state index contributed by atoms with van der Waals surface area (Å²) in [7, 11) is -4.17. The molecule has 0 radical (unpaired) electrons. The number of H-pyrrole nitrogens is 1. The maximum absolute atomic E-state index is 13.4. The van der Waals surface area contributed by atoms with E-state index in [0.717, 1.165) is 5.56 Å². The molecule has 0 spiro atoms. The van der Waals surface area contributed by atoms with Crippen LogP contribution in [-0.4, -0.2) is 55.0 Å². The summed E-state index contributed by atoms with van der Waals surface area (Å²) in [6.45, 7) is 3.69. The number of nitrogens with one attached hydrogen (secondary N) is 2. The number of rotatable bonds is 13. The van der Waals surface area contributed by atoms with Crippen molar-refractivity contribution < 1.29 is 28.7 Å². The van der Waals surface area contributed by atoms with Gasteiger partial charge in [0.1, 0.15) is 17.2 Å². The lowest BCUT2D eigenvalue weighted by atomic mass is 10.1. The molecule has 0 saturated heterocycles. The van der Waals surface area contributed by atoms with Crippen molar-refractivity contribution in [1.29, 1.82) is 0 Å². The van der Waals surface area contributed by atoms with E-state index >= 15 is 0 Å². The normalized spacial score (nSPS) is 15.7. The highest BCUT2D eigenvalue weighted by molar-refractivity contribution is 7.58. The largest absolute Gasteiger partial charge is 0.481 e. The molecule has 2 aromatic heterocycles. The fourth-order valence-electron chi connectivity index (χ4n) is 3.84. The summed E-state index contributed by atoms with van der Waals surface area (Å²) in [5.41, 5.74) is 7.98. The standard InChI is InChI=1S/C24H32N5O6P/c1-15(2)8-22(28-23(30)20(25)10-18-12-26-14-27-18)36(33,34)13-17(24(31)32)9-19-11-21(29-35-19)16-6-4-3-5-7-16/h3-7,11-12,14-15,17,20,22H,8-10,13,25H2,1-2H3,(H,26,27)(H,28,30)(H,31,32)(H,33,34)/t17-,20+,22+/m1/s1. The molecule has 11 nitrogen and oxygen atoms in total.